The third-order valence-corrected chi connectivity index (χ3v) is 6.70. The van der Waals surface area contributed by atoms with Crippen molar-refractivity contribution in [2.24, 2.45) is 0 Å². The molecule has 0 saturated carbocycles. The van der Waals surface area contributed by atoms with Crippen LogP contribution in [-0.4, -0.2) is 33.3 Å². The van der Waals surface area contributed by atoms with Crippen LogP contribution in [0, 0.1) is 0 Å². The first-order valence-corrected chi connectivity index (χ1v) is 10.6. The first-order chi connectivity index (χ1) is 14.4. The van der Waals surface area contributed by atoms with Gasteiger partial charge in [-0.1, -0.05) is 30.3 Å². The van der Waals surface area contributed by atoms with Crippen LogP contribution in [0.15, 0.2) is 47.8 Å². The Balaban J connectivity index is 1.44. The minimum Gasteiger partial charge on any atom is -0.363 e. The second kappa shape index (κ2) is 7.16. The second-order valence-corrected chi connectivity index (χ2v) is 8.59. The number of hydrogen-bond donors (Lipinski definition) is 1. The van der Waals surface area contributed by atoms with Gasteiger partial charge in [0.1, 0.15) is 5.82 Å². The van der Waals surface area contributed by atoms with Crippen molar-refractivity contribution < 1.29 is 18.0 Å². The van der Waals surface area contributed by atoms with E-state index in [1.54, 1.807) is 4.90 Å². The van der Waals surface area contributed by atoms with Gasteiger partial charge < -0.3 is 10.2 Å². The Bertz CT molecular complexity index is 1080. The second-order valence-electron chi connectivity index (χ2n) is 7.61. The van der Waals surface area contributed by atoms with E-state index in [0.29, 0.717) is 13.1 Å². The van der Waals surface area contributed by atoms with Crippen LogP contribution in [0.1, 0.15) is 45.0 Å². The summed E-state index contributed by atoms with van der Waals surface area (Å²) in [5.41, 5.74) is 2.30. The van der Waals surface area contributed by atoms with Crippen molar-refractivity contribution in [3.63, 3.8) is 0 Å². The zero-order chi connectivity index (χ0) is 20.9. The number of rotatable bonds is 2. The Morgan fingerprint density at radius 3 is 2.70 bits per heavy atom. The van der Waals surface area contributed by atoms with E-state index in [-0.39, 0.29) is 23.8 Å². The third kappa shape index (κ3) is 3.36. The number of nitrogens with one attached hydrogen (secondary N) is 1. The van der Waals surface area contributed by atoms with E-state index < -0.39 is 18.3 Å². The fraction of sp³-hybridized carbons (Fsp3) is 0.333. The van der Waals surface area contributed by atoms with Gasteiger partial charge in [0, 0.05) is 30.5 Å². The normalized spacial score (nSPS) is 21.0. The Kier molecular flexibility index (Phi) is 4.57. The zero-order valence-corrected chi connectivity index (χ0v) is 16.7. The molecule has 30 heavy (non-hydrogen) atoms. The maximum Gasteiger partial charge on any atom is 0.410 e. The molecule has 0 unspecified atom stereocenters. The lowest BCUT2D eigenvalue weighted by Crippen LogP contribution is -2.37. The predicted molar refractivity (Wildman–Crippen MR) is 108 cm³/mol. The highest BCUT2D eigenvalue weighted by Crippen LogP contribution is 2.44. The maximum absolute atomic E-state index is 13.8. The van der Waals surface area contributed by atoms with E-state index >= 15 is 0 Å². The van der Waals surface area contributed by atoms with Crippen LogP contribution in [0.25, 0.3) is 0 Å². The fourth-order valence-electron chi connectivity index (χ4n) is 4.19. The molecule has 3 aromatic rings. The molecule has 2 aliphatic heterocycles. The Morgan fingerprint density at radius 1 is 1.17 bits per heavy atom. The predicted octanol–water partition coefficient (Wildman–Crippen LogP) is 4.80. The first-order valence-electron chi connectivity index (χ1n) is 9.72. The number of carbonyl (C=O) groups is 1. The van der Waals surface area contributed by atoms with Gasteiger partial charge in [-0.3, -0.25) is 4.79 Å². The van der Waals surface area contributed by atoms with E-state index in [1.165, 1.54) is 23.0 Å². The van der Waals surface area contributed by atoms with E-state index in [1.807, 2.05) is 41.8 Å². The largest absolute Gasteiger partial charge is 0.410 e. The molecule has 0 spiro atoms. The number of halogens is 3. The first kappa shape index (κ1) is 19.2. The molecule has 0 fully saturated rings. The van der Waals surface area contributed by atoms with Crippen molar-refractivity contribution in [1.82, 2.24) is 14.7 Å². The minimum atomic E-state index is -4.46. The van der Waals surface area contributed by atoms with E-state index in [2.05, 4.69) is 10.4 Å². The molecule has 5 nitrogen and oxygen atoms in total. The van der Waals surface area contributed by atoms with Crippen LogP contribution in [0.4, 0.5) is 19.0 Å². The molecule has 1 N–H and O–H groups in total. The summed E-state index contributed by atoms with van der Waals surface area (Å²) in [6, 6.07) is 10.7. The van der Waals surface area contributed by atoms with Gasteiger partial charge >= 0.3 is 6.18 Å². The van der Waals surface area contributed by atoms with Gasteiger partial charge in [0.05, 0.1) is 6.04 Å². The number of alkyl halides is 3. The fourth-order valence-corrected chi connectivity index (χ4v) is 4.98. The highest BCUT2D eigenvalue weighted by atomic mass is 32.1. The van der Waals surface area contributed by atoms with E-state index in [4.69, 9.17) is 0 Å². The van der Waals surface area contributed by atoms with Gasteiger partial charge in [0.15, 0.2) is 11.7 Å². The van der Waals surface area contributed by atoms with E-state index in [9.17, 15) is 18.0 Å². The summed E-state index contributed by atoms with van der Waals surface area (Å²) in [6.07, 6.45) is -3.90. The standard InChI is InChI=1S/C21H19F3N4OS/c22-21(23,24)18-10-15(17-6-3-9-30-17)25-19-11-16(26-28(18)19)20(29)27-8-7-13-4-1-2-5-14(13)12-27/h1-6,9,11,15,18,25H,7-8,10,12H2/t15-,18-/m0/s1. The number of anilines is 1. The highest BCUT2D eigenvalue weighted by Gasteiger charge is 2.47. The molecular formula is C21H19F3N4OS. The van der Waals surface area contributed by atoms with Gasteiger partial charge in [0.25, 0.3) is 5.91 Å². The number of amides is 1. The number of thiophene rings is 1. The summed E-state index contributed by atoms with van der Waals surface area (Å²) in [4.78, 5) is 15.5. The zero-order valence-electron chi connectivity index (χ0n) is 15.9. The SMILES string of the molecule is O=C(c1cc2n(n1)[C@H](C(F)(F)F)C[C@@H](c1cccs1)N2)N1CCc2ccccc2C1. The van der Waals surface area contributed by atoms with Crippen molar-refractivity contribution in [2.75, 3.05) is 11.9 Å². The quantitative estimate of drug-likeness (QED) is 0.633. The van der Waals surface area contributed by atoms with Gasteiger partial charge in [-0.25, -0.2) is 4.68 Å². The monoisotopic (exact) mass is 432 g/mol. The number of hydrogen-bond acceptors (Lipinski definition) is 4. The van der Waals surface area contributed by atoms with Crippen LogP contribution in [0.2, 0.25) is 0 Å². The van der Waals surface area contributed by atoms with Crippen molar-refractivity contribution in [1.29, 1.82) is 0 Å². The molecule has 1 amide bonds. The topological polar surface area (TPSA) is 50.2 Å². The summed E-state index contributed by atoms with van der Waals surface area (Å²) in [6.45, 7) is 0.955. The van der Waals surface area contributed by atoms with Crippen LogP contribution in [0.5, 0.6) is 0 Å². The number of carbonyl (C=O) groups excluding carboxylic acids is 1. The molecule has 5 rings (SSSR count). The average Bonchev–Trinajstić information content (AvgIpc) is 3.41. The third-order valence-electron chi connectivity index (χ3n) is 5.71. The highest BCUT2D eigenvalue weighted by molar-refractivity contribution is 7.10. The molecule has 0 aliphatic carbocycles. The van der Waals surface area contributed by atoms with Crippen molar-refractivity contribution in [3.05, 3.63) is 69.5 Å². The molecule has 0 bridgehead atoms. The smallest absolute Gasteiger partial charge is 0.363 e. The molecule has 4 heterocycles. The molecule has 2 atom stereocenters. The van der Waals surface area contributed by atoms with E-state index in [0.717, 1.165) is 21.5 Å². The number of fused-ring (bicyclic) bond motifs is 2. The van der Waals surface area contributed by atoms with Gasteiger partial charge in [-0.05, 0) is 29.0 Å². The summed E-state index contributed by atoms with van der Waals surface area (Å²) >= 11 is 1.41. The molecule has 0 saturated heterocycles. The lowest BCUT2D eigenvalue weighted by atomic mass is 10.00. The summed E-state index contributed by atoms with van der Waals surface area (Å²) in [5, 5.41) is 9.07. The lowest BCUT2D eigenvalue weighted by Gasteiger charge is -2.32. The molecule has 156 valence electrons. The van der Waals surface area contributed by atoms with Gasteiger partial charge in [0.2, 0.25) is 0 Å². The number of benzene rings is 1. The van der Waals surface area contributed by atoms with Crippen LogP contribution < -0.4 is 5.32 Å². The van der Waals surface area contributed by atoms with Crippen LogP contribution in [-0.2, 0) is 13.0 Å². The minimum absolute atomic E-state index is 0.0398. The molecular weight excluding hydrogens is 413 g/mol. The van der Waals surface area contributed by atoms with Crippen molar-refractivity contribution in [3.8, 4) is 0 Å². The summed E-state index contributed by atoms with van der Waals surface area (Å²) in [7, 11) is 0. The van der Waals surface area contributed by atoms with Gasteiger partial charge in [-0.2, -0.15) is 18.3 Å². The molecule has 2 aliphatic rings. The average molecular weight is 432 g/mol. The molecule has 0 radical (unpaired) electrons. The Labute approximate surface area is 175 Å². The number of nitrogens with zero attached hydrogens (tertiary/aromatic N) is 3. The Hall–Kier alpha value is -2.81. The summed E-state index contributed by atoms with van der Waals surface area (Å²) in [5.74, 6) is -0.121. The Morgan fingerprint density at radius 2 is 1.97 bits per heavy atom. The number of aromatic nitrogens is 2. The van der Waals surface area contributed by atoms with Crippen LogP contribution in [0.3, 0.4) is 0 Å². The molecule has 9 heteroatoms. The maximum atomic E-state index is 13.8. The van der Waals surface area contributed by atoms with Crippen molar-refractivity contribution >= 4 is 23.1 Å². The van der Waals surface area contributed by atoms with Gasteiger partial charge in [-0.15, -0.1) is 11.3 Å². The van der Waals surface area contributed by atoms with Crippen LogP contribution >= 0.6 is 11.3 Å². The lowest BCUT2D eigenvalue weighted by molar-refractivity contribution is -0.173. The molecule has 1 aromatic carbocycles. The summed E-state index contributed by atoms with van der Waals surface area (Å²) < 4.78 is 42.3. The van der Waals surface area contributed by atoms with Crippen molar-refractivity contribution in [2.45, 2.75) is 37.6 Å². The molecule has 2 aromatic heterocycles.